The molecule has 7 nitrogen and oxygen atoms in total. The van der Waals surface area contributed by atoms with Crippen molar-refractivity contribution in [2.24, 2.45) is 0 Å². The fourth-order valence-electron chi connectivity index (χ4n) is 3.84. The van der Waals surface area contributed by atoms with Crippen LogP contribution in [0, 0.1) is 12.1 Å². The molecule has 7 heteroatoms. The Morgan fingerprint density at radius 1 is 0.971 bits per heavy atom. The molecular formula is C28H41N2O5+. The minimum atomic E-state index is -0.267. The van der Waals surface area contributed by atoms with Crippen molar-refractivity contribution in [1.29, 1.82) is 0 Å². The standard InChI is InChI=1S/C13H14O2.C8H11NO.C7H16NO2/c1-8(2)11-7-13(14)15-12-6-9(3)4-5-10(11)12;1-7(2)8-5-3-4-6-9(8)10;1-7(2)8(9)3-5-10-6-4-8/h4-8H,1-3H3;3-7H,1-2H3;7,9H,3-6H2,1-2H3/q;;+1. The molecule has 0 bridgehead atoms. The third kappa shape index (κ3) is 8.16. The Morgan fingerprint density at radius 2 is 1.63 bits per heavy atom. The van der Waals surface area contributed by atoms with Gasteiger partial charge in [0.1, 0.15) is 24.7 Å². The Bertz CT molecular complexity index is 1130. The number of quaternary nitrogens is 1. The lowest BCUT2D eigenvalue weighted by molar-refractivity contribution is -1.12. The summed E-state index contributed by atoms with van der Waals surface area (Å²) in [4.78, 5) is 11.4. The van der Waals surface area contributed by atoms with Crippen LogP contribution in [0.15, 0.2) is 57.9 Å². The van der Waals surface area contributed by atoms with E-state index in [0.29, 0.717) is 36.7 Å². The zero-order chi connectivity index (χ0) is 26.2. The third-order valence-electron chi connectivity index (χ3n) is 6.21. The van der Waals surface area contributed by atoms with E-state index >= 15 is 0 Å². The average molecular weight is 486 g/mol. The summed E-state index contributed by atoms with van der Waals surface area (Å²) in [6.45, 7) is 17.1. The lowest BCUT2D eigenvalue weighted by atomic mass is 9.99. The van der Waals surface area contributed by atoms with Crippen molar-refractivity contribution in [2.45, 2.75) is 66.3 Å². The van der Waals surface area contributed by atoms with Crippen LogP contribution in [-0.4, -0.2) is 42.2 Å². The van der Waals surface area contributed by atoms with Gasteiger partial charge in [-0.05, 0) is 43.9 Å². The smallest absolute Gasteiger partial charge is 0.336 e. The largest absolute Gasteiger partial charge is 0.618 e. The van der Waals surface area contributed by atoms with Crippen LogP contribution in [-0.2, 0) is 4.74 Å². The first kappa shape index (κ1) is 28.5. The van der Waals surface area contributed by atoms with E-state index in [-0.39, 0.29) is 10.3 Å². The van der Waals surface area contributed by atoms with Gasteiger partial charge in [-0.1, -0.05) is 45.9 Å². The maximum absolute atomic E-state index is 11.4. The highest BCUT2D eigenvalue weighted by Crippen LogP contribution is 2.24. The number of hydrogen-bond acceptors (Lipinski definition) is 5. The van der Waals surface area contributed by atoms with Crippen molar-refractivity contribution in [3.05, 3.63) is 81.1 Å². The zero-order valence-corrected chi connectivity index (χ0v) is 22.2. The molecule has 0 saturated carbocycles. The normalized spacial score (nSPS) is 14.9. The van der Waals surface area contributed by atoms with Crippen molar-refractivity contribution < 1.29 is 23.7 Å². The number of benzene rings is 1. The van der Waals surface area contributed by atoms with Crippen molar-refractivity contribution in [2.75, 3.05) is 26.3 Å². The summed E-state index contributed by atoms with van der Waals surface area (Å²) in [6.07, 6.45) is 1.52. The van der Waals surface area contributed by atoms with Gasteiger partial charge in [0.25, 0.3) is 0 Å². The summed E-state index contributed by atoms with van der Waals surface area (Å²) in [5.74, 6) is 0.637. The molecule has 1 fully saturated rings. The van der Waals surface area contributed by atoms with Crippen LogP contribution < -0.4 is 10.4 Å². The minimum absolute atomic E-state index is 0.181. The Hall–Kier alpha value is -2.74. The van der Waals surface area contributed by atoms with Crippen molar-refractivity contribution in [1.82, 2.24) is 0 Å². The Balaban J connectivity index is 0.000000192. The number of ether oxygens (including phenoxy) is 1. The van der Waals surface area contributed by atoms with Gasteiger partial charge < -0.3 is 14.4 Å². The SMILES string of the molecule is CC(C)[N+]1(O)CCOCC1.CC(C)c1cccc[n+]1[O-].Cc1ccc2c(C(C)C)cc(=O)oc2c1. The van der Waals surface area contributed by atoms with Crippen LogP contribution in [0.25, 0.3) is 11.0 Å². The molecule has 1 aromatic carbocycles. The molecule has 1 saturated heterocycles. The molecule has 0 amide bonds. The highest BCUT2D eigenvalue weighted by Gasteiger charge is 2.32. The molecule has 0 spiro atoms. The van der Waals surface area contributed by atoms with Gasteiger partial charge in [0, 0.05) is 29.5 Å². The molecule has 3 heterocycles. The first-order chi connectivity index (χ1) is 16.4. The Kier molecular flexibility index (Phi) is 10.4. The molecular weight excluding hydrogens is 444 g/mol. The van der Waals surface area contributed by atoms with Gasteiger partial charge in [-0.2, -0.15) is 9.38 Å². The van der Waals surface area contributed by atoms with E-state index < -0.39 is 0 Å². The lowest BCUT2D eigenvalue weighted by Crippen LogP contribution is -2.56. The number of fused-ring (bicyclic) bond motifs is 1. The van der Waals surface area contributed by atoms with Gasteiger partial charge in [0.05, 0.1) is 13.2 Å². The molecule has 1 aliphatic heterocycles. The van der Waals surface area contributed by atoms with Crippen LogP contribution in [0.1, 0.15) is 70.2 Å². The van der Waals surface area contributed by atoms with E-state index in [0.717, 1.165) is 40.0 Å². The molecule has 3 aromatic rings. The summed E-state index contributed by atoms with van der Waals surface area (Å²) in [7, 11) is 0. The van der Waals surface area contributed by atoms with E-state index in [1.54, 1.807) is 12.1 Å². The highest BCUT2D eigenvalue weighted by atomic mass is 16.6. The van der Waals surface area contributed by atoms with E-state index in [4.69, 9.17) is 9.15 Å². The second-order valence-electron chi connectivity index (χ2n) is 9.92. The lowest BCUT2D eigenvalue weighted by Gasteiger charge is -2.36. The molecule has 35 heavy (non-hydrogen) atoms. The Labute approximate surface area is 208 Å². The molecule has 0 unspecified atom stereocenters. The van der Waals surface area contributed by atoms with Crippen LogP contribution in [0.2, 0.25) is 0 Å². The number of hydroxylamine groups is 3. The van der Waals surface area contributed by atoms with Crippen LogP contribution >= 0.6 is 0 Å². The van der Waals surface area contributed by atoms with Crippen LogP contribution in [0.4, 0.5) is 0 Å². The van der Waals surface area contributed by atoms with Gasteiger partial charge in [-0.3, -0.25) is 0 Å². The number of aryl methyl sites for hydroxylation is 1. The number of hydrogen-bond donors (Lipinski definition) is 1. The first-order valence-electron chi connectivity index (χ1n) is 12.3. The fraction of sp³-hybridized carbons (Fsp3) is 0.500. The molecule has 1 aliphatic rings. The molecule has 0 aliphatic carbocycles. The molecule has 0 atom stereocenters. The summed E-state index contributed by atoms with van der Waals surface area (Å²) < 4.78 is 11.4. The highest BCUT2D eigenvalue weighted by molar-refractivity contribution is 5.81. The maximum Gasteiger partial charge on any atom is 0.336 e. The average Bonchev–Trinajstić information content (AvgIpc) is 2.79. The van der Waals surface area contributed by atoms with Crippen molar-refractivity contribution in [3.8, 4) is 0 Å². The van der Waals surface area contributed by atoms with Gasteiger partial charge in [-0.25, -0.2) is 10.0 Å². The molecule has 0 radical (unpaired) electrons. The van der Waals surface area contributed by atoms with E-state index in [1.807, 2.05) is 65.0 Å². The predicted molar refractivity (Wildman–Crippen MR) is 139 cm³/mol. The Morgan fingerprint density at radius 3 is 2.11 bits per heavy atom. The van der Waals surface area contributed by atoms with Crippen molar-refractivity contribution >= 4 is 11.0 Å². The number of rotatable bonds is 3. The van der Waals surface area contributed by atoms with Gasteiger partial charge in [0.15, 0.2) is 11.9 Å². The maximum atomic E-state index is 11.4. The second kappa shape index (κ2) is 12.8. The quantitative estimate of drug-likeness (QED) is 0.235. The monoisotopic (exact) mass is 485 g/mol. The van der Waals surface area contributed by atoms with E-state index in [2.05, 4.69) is 13.8 Å². The van der Waals surface area contributed by atoms with Gasteiger partial charge in [0.2, 0.25) is 0 Å². The molecule has 192 valence electrons. The molecule has 1 N–H and O–H groups in total. The fourth-order valence-corrected chi connectivity index (χ4v) is 3.84. The summed E-state index contributed by atoms with van der Waals surface area (Å²) in [5.41, 5.74) is 3.40. The number of nitrogens with zero attached hydrogens (tertiary/aromatic N) is 2. The zero-order valence-electron chi connectivity index (χ0n) is 22.2. The second-order valence-corrected chi connectivity index (χ2v) is 9.92. The summed E-state index contributed by atoms with van der Waals surface area (Å²) in [6, 6.07) is 13.3. The number of pyridine rings is 1. The third-order valence-corrected chi connectivity index (χ3v) is 6.21. The topological polar surface area (TPSA) is 86.6 Å². The predicted octanol–water partition coefficient (Wildman–Crippen LogP) is 5.30. The number of morpholine rings is 1. The first-order valence-corrected chi connectivity index (χ1v) is 12.3. The molecule has 2 aromatic heterocycles. The van der Waals surface area contributed by atoms with Crippen LogP contribution in [0.3, 0.4) is 0 Å². The molecule has 4 rings (SSSR count). The van der Waals surface area contributed by atoms with Gasteiger partial charge >= 0.3 is 5.63 Å². The number of aromatic nitrogens is 1. The van der Waals surface area contributed by atoms with E-state index in [9.17, 15) is 15.2 Å². The van der Waals surface area contributed by atoms with E-state index in [1.165, 1.54) is 6.20 Å². The van der Waals surface area contributed by atoms with Gasteiger partial charge in [-0.15, -0.1) is 0 Å². The van der Waals surface area contributed by atoms with Crippen molar-refractivity contribution in [3.63, 3.8) is 0 Å². The minimum Gasteiger partial charge on any atom is -0.618 e. The summed E-state index contributed by atoms with van der Waals surface area (Å²) in [5, 5.41) is 21.8. The summed E-state index contributed by atoms with van der Waals surface area (Å²) >= 11 is 0. The van der Waals surface area contributed by atoms with Crippen LogP contribution in [0.5, 0.6) is 0 Å².